The van der Waals surface area contributed by atoms with E-state index in [9.17, 15) is 9.90 Å². The number of benzene rings is 2. The number of carbonyl (C=O) groups is 1. The molecule has 0 fully saturated rings. The molecule has 160 valence electrons. The van der Waals surface area contributed by atoms with Gasteiger partial charge in [0, 0.05) is 24.9 Å². The molecule has 0 spiro atoms. The number of fused-ring (bicyclic) bond motifs is 1. The summed E-state index contributed by atoms with van der Waals surface area (Å²) in [6.45, 7) is 4.61. The van der Waals surface area contributed by atoms with Crippen LogP contribution < -0.4 is 5.32 Å². The molecule has 0 aliphatic carbocycles. The highest BCUT2D eigenvalue weighted by atomic mass is 16.5. The van der Waals surface area contributed by atoms with Gasteiger partial charge in [-0.1, -0.05) is 35.5 Å². The zero-order chi connectivity index (χ0) is 21.8. The summed E-state index contributed by atoms with van der Waals surface area (Å²) in [4.78, 5) is 20.9. The first-order chi connectivity index (χ1) is 15.0. The van der Waals surface area contributed by atoms with Gasteiger partial charge in [0.15, 0.2) is 0 Å². The maximum Gasteiger partial charge on any atom is 0.227 e. The second-order valence-corrected chi connectivity index (χ2v) is 7.66. The van der Waals surface area contributed by atoms with Gasteiger partial charge in [0.05, 0.1) is 30.0 Å². The predicted molar refractivity (Wildman–Crippen MR) is 116 cm³/mol. The van der Waals surface area contributed by atoms with Crippen LogP contribution >= 0.6 is 0 Å². The second-order valence-electron chi connectivity index (χ2n) is 7.66. The van der Waals surface area contributed by atoms with E-state index in [0.717, 1.165) is 16.6 Å². The molecule has 0 saturated heterocycles. The fraction of sp³-hybridized carbons (Fsp3) is 0.304. The lowest BCUT2D eigenvalue weighted by atomic mass is 10.1. The minimum atomic E-state index is -0.726. The zero-order valence-electron chi connectivity index (χ0n) is 17.6. The van der Waals surface area contributed by atoms with Gasteiger partial charge in [-0.2, -0.15) is 4.98 Å². The molecule has 0 aliphatic rings. The summed E-state index contributed by atoms with van der Waals surface area (Å²) < 4.78 is 7.13. The Morgan fingerprint density at radius 1 is 1.19 bits per heavy atom. The van der Waals surface area contributed by atoms with Crippen LogP contribution in [0.3, 0.4) is 0 Å². The standard InChI is InChI=1S/C23H25N5O3/c1-15-10-19-20(11-16(15)2)28(14-25-19)13-18(29)12-24-21(30)8-9-22-26-23(27-31-22)17-6-4-3-5-7-17/h3-7,10-11,14,18,29H,8-9,12-13H2,1-2H3,(H,24,30). The molecule has 2 aromatic heterocycles. The van der Waals surface area contributed by atoms with Gasteiger partial charge in [-0.05, 0) is 37.1 Å². The molecule has 0 saturated carbocycles. The lowest BCUT2D eigenvalue weighted by Gasteiger charge is -2.13. The van der Waals surface area contributed by atoms with Crippen molar-refractivity contribution in [2.24, 2.45) is 0 Å². The quantitative estimate of drug-likeness (QED) is 0.455. The number of rotatable bonds is 8. The maximum atomic E-state index is 12.2. The Morgan fingerprint density at radius 2 is 1.97 bits per heavy atom. The molecule has 0 aliphatic heterocycles. The third-order valence-electron chi connectivity index (χ3n) is 5.24. The normalized spacial score (nSPS) is 12.2. The van der Waals surface area contributed by atoms with Crippen molar-refractivity contribution >= 4 is 16.9 Å². The monoisotopic (exact) mass is 419 g/mol. The molecule has 0 bridgehead atoms. The number of nitrogens with zero attached hydrogens (tertiary/aromatic N) is 4. The highest BCUT2D eigenvalue weighted by molar-refractivity contribution is 5.77. The molecule has 1 amide bonds. The first kappa shape index (κ1) is 20.7. The van der Waals surface area contributed by atoms with Gasteiger partial charge >= 0.3 is 0 Å². The molecular formula is C23H25N5O3. The number of hydrogen-bond acceptors (Lipinski definition) is 6. The Kier molecular flexibility index (Phi) is 6.08. The van der Waals surface area contributed by atoms with Gasteiger partial charge in [-0.15, -0.1) is 0 Å². The first-order valence-corrected chi connectivity index (χ1v) is 10.2. The van der Waals surface area contributed by atoms with Crippen molar-refractivity contribution < 1.29 is 14.4 Å². The summed E-state index contributed by atoms with van der Waals surface area (Å²) in [5, 5.41) is 17.1. The van der Waals surface area contributed by atoms with Crippen LogP contribution in [0.15, 0.2) is 53.3 Å². The molecule has 4 aromatic rings. The predicted octanol–water partition coefficient (Wildman–Crippen LogP) is 2.81. The summed E-state index contributed by atoms with van der Waals surface area (Å²) in [7, 11) is 0. The van der Waals surface area contributed by atoms with Crippen LogP contribution in [0.25, 0.3) is 22.4 Å². The third kappa shape index (κ3) is 4.97. The topological polar surface area (TPSA) is 106 Å². The van der Waals surface area contributed by atoms with Crippen LogP contribution in [-0.2, 0) is 17.8 Å². The van der Waals surface area contributed by atoms with E-state index in [1.807, 2.05) is 41.0 Å². The number of imidazole rings is 1. The molecule has 2 N–H and O–H groups in total. The molecule has 2 aromatic carbocycles. The van der Waals surface area contributed by atoms with Crippen LogP contribution in [0.1, 0.15) is 23.4 Å². The average Bonchev–Trinajstić information content (AvgIpc) is 3.39. The number of carbonyl (C=O) groups excluding carboxylic acids is 1. The van der Waals surface area contributed by atoms with E-state index < -0.39 is 6.10 Å². The van der Waals surface area contributed by atoms with Gasteiger partial charge < -0.3 is 19.5 Å². The Balaban J connectivity index is 1.25. The molecule has 1 atom stereocenters. The van der Waals surface area contributed by atoms with Gasteiger partial charge in [-0.3, -0.25) is 4.79 Å². The summed E-state index contributed by atoms with van der Waals surface area (Å²) in [6.07, 6.45) is 1.53. The Labute approximate surface area is 179 Å². The van der Waals surface area contributed by atoms with Crippen LogP contribution in [0.4, 0.5) is 0 Å². The minimum absolute atomic E-state index is 0.155. The smallest absolute Gasteiger partial charge is 0.227 e. The van der Waals surface area contributed by atoms with Crippen molar-refractivity contribution in [1.29, 1.82) is 0 Å². The second kappa shape index (κ2) is 9.09. The van der Waals surface area contributed by atoms with Crippen molar-refractivity contribution in [3.8, 4) is 11.4 Å². The van der Waals surface area contributed by atoms with E-state index in [0.29, 0.717) is 24.7 Å². The van der Waals surface area contributed by atoms with Gasteiger partial charge in [0.25, 0.3) is 0 Å². The number of hydrogen-bond donors (Lipinski definition) is 2. The molecule has 8 heteroatoms. The van der Waals surface area contributed by atoms with E-state index in [4.69, 9.17) is 4.52 Å². The number of aliphatic hydroxyl groups is 1. The van der Waals surface area contributed by atoms with Crippen molar-refractivity contribution in [1.82, 2.24) is 25.0 Å². The van der Waals surface area contributed by atoms with Crippen LogP contribution in [0.2, 0.25) is 0 Å². The Hall–Kier alpha value is -3.52. The highest BCUT2D eigenvalue weighted by Crippen LogP contribution is 2.19. The minimum Gasteiger partial charge on any atom is -0.389 e. The molecule has 31 heavy (non-hydrogen) atoms. The highest BCUT2D eigenvalue weighted by Gasteiger charge is 2.13. The van der Waals surface area contributed by atoms with Crippen LogP contribution in [-0.4, -0.2) is 43.4 Å². The van der Waals surface area contributed by atoms with Gasteiger partial charge in [0.1, 0.15) is 0 Å². The van der Waals surface area contributed by atoms with Crippen molar-refractivity contribution in [3.05, 3.63) is 65.8 Å². The summed E-state index contributed by atoms with van der Waals surface area (Å²) in [5.74, 6) is 0.731. The zero-order valence-corrected chi connectivity index (χ0v) is 17.6. The number of aryl methyl sites for hydroxylation is 3. The summed E-state index contributed by atoms with van der Waals surface area (Å²) in [6, 6.07) is 13.6. The van der Waals surface area contributed by atoms with Crippen LogP contribution in [0, 0.1) is 13.8 Å². The first-order valence-electron chi connectivity index (χ1n) is 10.2. The number of amides is 1. The van der Waals surface area contributed by atoms with Crippen molar-refractivity contribution in [2.75, 3.05) is 6.54 Å². The van der Waals surface area contributed by atoms with E-state index >= 15 is 0 Å². The molecule has 0 radical (unpaired) electrons. The Bertz CT molecular complexity index is 1180. The molecule has 4 rings (SSSR count). The average molecular weight is 419 g/mol. The molecular weight excluding hydrogens is 394 g/mol. The Morgan fingerprint density at radius 3 is 2.77 bits per heavy atom. The van der Waals surface area contributed by atoms with Gasteiger partial charge in [-0.25, -0.2) is 4.98 Å². The number of aromatic nitrogens is 4. The summed E-state index contributed by atoms with van der Waals surface area (Å²) in [5.41, 5.74) is 5.09. The molecule has 2 heterocycles. The lowest BCUT2D eigenvalue weighted by Crippen LogP contribution is -2.34. The van der Waals surface area contributed by atoms with Crippen molar-refractivity contribution in [3.63, 3.8) is 0 Å². The maximum absolute atomic E-state index is 12.2. The van der Waals surface area contributed by atoms with Crippen LogP contribution in [0.5, 0.6) is 0 Å². The summed E-state index contributed by atoms with van der Waals surface area (Å²) >= 11 is 0. The number of aliphatic hydroxyl groups excluding tert-OH is 1. The third-order valence-corrected chi connectivity index (χ3v) is 5.24. The fourth-order valence-corrected chi connectivity index (χ4v) is 3.35. The lowest BCUT2D eigenvalue weighted by molar-refractivity contribution is -0.121. The molecule has 1 unspecified atom stereocenters. The fourth-order valence-electron chi connectivity index (χ4n) is 3.35. The van der Waals surface area contributed by atoms with E-state index in [2.05, 4.69) is 40.4 Å². The SMILES string of the molecule is Cc1cc2ncn(CC(O)CNC(=O)CCc3nc(-c4ccccc4)no3)c2cc1C. The molecule has 8 nitrogen and oxygen atoms in total. The number of nitrogens with one attached hydrogen (secondary N) is 1. The van der Waals surface area contributed by atoms with E-state index in [1.54, 1.807) is 6.33 Å². The van der Waals surface area contributed by atoms with Gasteiger partial charge in [0.2, 0.25) is 17.6 Å². The van der Waals surface area contributed by atoms with E-state index in [1.165, 1.54) is 11.1 Å². The van der Waals surface area contributed by atoms with E-state index in [-0.39, 0.29) is 18.9 Å². The largest absolute Gasteiger partial charge is 0.389 e. The van der Waals surface area contributed by atoms with Crippen molar-refractivity contribution in [2.45, 2.75) is 39.3 Å².